The summed E-state index contributed by atoms with van der Waals surface area (Å²) in [6, 6.07) is 8.94. The molecule has 8 heteroatoms. The third kappa shape index (κ3) is 4.02. The van der Waals surface area contributed by atoms with Gasteiger partial charge in [-0.25, -0.2) is 14.0 Å². The molecule has 0 aromatic heterocycles. The molecule has 0 spiro atoms. The van der Waals surface area contributed by atoms with Gasteiger partial charge in [0.15, 0.2) is 0 Å². The van der Waals surface area contributed by atoms with E-state index in [1.54, 1.807) is 6.07 Å². The molecule has 2 rings (SSSR count). The predicted molar refractivity (Wildman–Crippen MR) is 88.2 cm³/mol. The number of nitriles is 1. The Balaban J connectivity index is 2.38. The number of carbonyl (C=O) groups is 3. The summed E-state index contributed by atoms with van der Waals surface area (Å²) in [4.78, 5) is 35.7. The van der Waals surface area contributed by atoms with E-state index in [9.17, 15) is 18.8 Å². The number of carbonyl (C=O) groups excluding carboxylic acids is 3. The van der Waals surface area contributed by atoms with Crippen LogP contribution in [0.5, 0.6) is 0 Å². The van der Waals surface area contributed by atoms with Gasteiger partial charge in [-0.15, -0.1) is 0 Å². The number of amides is 1. The van der Waals surface area contributed by atoms with Crippen LogP contribution in [0.25, 0.3) is 0 Å². The number of benzene rings is 2. The van der Waals surface area contributed by atoms with Crippen LogP contribution in [0.15, 0.2) is 36.4 Å². The first-order chi connectivity index (χ1) is 12.4. The first kappa shape index (κ1) is 18.6. The molecule has 0 unspecified atom stereocenters. The molecule has 1 N–H and O–H groups in total. The maximum atomic E-state index is 14.0. The number of esters is 2. The Morgan fingerprint density at radius 2 is 1.58 bits per heavy atom. The van der Waals surface area contributed by atoms with Crippen molar-refractivity contribution >= 4 is 23.5 Å². The van der Waals surface area contributed by atoms with Crippen LogP contribution in [0.1, 0.15) is 36.6 Å². The van der Waals surface area contributed by atoms with Gasteiger partial charge in [0.25, 0.3) is 5.91 Å². The summed E-state index contributed by atoms with van der Waals surface area (Å²) in [5.74, 6) is -3.14. The molecule has 0 heterocycles. The molecule has 132 valence electrons. The van der Waals surface area contributed by atoms with E-state index >= 15 is 0 Å². The maximum Gasteiger partial charge on any atom is 0.337 e. The number of rotatable bonds is 4. The van der Waals surface area contributed by atoms with Crippen molar-refractivity contribution in [3.8, 4) is 6.07 Å². The molecule has 0 radical (unpaired) electrons. The van der Waals surface area contributed by atoms with Crippen LogP contribution >= 0.6 is 0 Å². The summed E-state index contributed by atoms with van der Waals surface area (Å²) in [7, 11) is 2.33. The fraction of sp³-hybridized carbons (Fsp3) is 0.111. The molecule has 0 aliphatic heterocycles. The smallest absolute Gasteiger partial charge is 0.337 e. The fourth-order valence-corrected chi connectivity index (χ4v) is 2.14. The monoisotopic (exact) mass is 356 g/mol. The zero-order valence-corrected chi connectivity index (χ0v) is 13.8. The fourth-order valence-electron chi connectivity index (χ4n) is 2.14. The Hall–Kier alpha value is -3.73. The maximum absolute atomic E-state index is 14.0. The first-order valence-electron chi connectivity index (χ1n) is 7.22. The molecule has 2 aromatic rings. The van der Waals surface area contributed by atoms with Gasteiger partial charge >= 0.3 is 11.9 Å². The Kier molecular flexibility index (Phi) is 5.65. The topological polar surface area (TPSA) is 105 Å². The van der Waals surface area contributed by atoms with Crippen molar-refractivity contribution in [1.82, 2.24) is 0 Å². The van der Waals surface area contributed by atoms with Crippen molar-refractivity contribution in [3.63, 3.8) is 0 Å². The Morgan fingerprint density at radius 1 is 1.00 bits per heavy atom. The minimum absolute atomic E-state index is 0.00556. The molecular weight excluding hydrogens is 343 g/mol. The SMILES string of the molecule is COC(=O)c1cc(NC(=O)c2ccc(C#N)cc2F)cc(C(=O)OC)c1. The second-order valence-corrected chi connectivity index (χ2v) is 5.04. The minimum atomic E-state index is -0.876. The van der Waals surface area contributed by atoms with E-state index in [0.29, 0.717) is 0 Å². The number of hydrogen-bond donors (Lipinski definition) is 1. The van der Waals surface area contributed by atoms with Crippen molar-refractivity contribution in [1.29, 1.82) is 5.26 Å². The lowest BCUT2D eigenvalue weighted by molar-refractivity contribution is 0.0599. The lowest BCUT2D eigenvalue weighted by atomic mass is 10.1. The highest BCUT2D eigenvalue weighted by Crippen LogP contribution is 2.19. The van der Waals surface area contributed by atoms with Crippen LogP contribution in [-0.2, 0) is 9.47 Å². The van der Waals surface area contributed by atoms with Crippen LogP contribution in [0, 0.1) is 17.1 Å². The van der Waals surface area contributed by atoms with Gasteiger partial charge in [-0.1, -0.05) is 0 Å². The molecule has 0 aliphatic carbocycles. The zero-order chi connectivity index (χ0) is 19.3. The van der Waals surface area contributed by atoms with Crippen LogP contribution < -0.4 is 5.32 Å². The molecule has 26 heavy (non-hydrogen) atoms. The van der Waals surface area contributed by atoms with Gasteiger partial charge < -0.3 is 14.8 Å². The number of nitrogens with one attached hydrogen (secondary N) is 1. The van der Waals surface area contributed by atoms with Gasteiger partial charge in [-0.05, 0) is 36.4 Å². The first-order valence-corrected chi connectivity index (χ1v) is 7.22. The number of nitrogens with zero attached hydrogens (tertiary/aromatic N) is 1. The standard InChI is InChI=1S/C18H13FN2O5/c1-25-17(23)11-6-12(18(24)26-2)8-13(7-11)21-16(22)14-4-3-10(9-20)5-15(14)19/h3-8H,1-2H3,(H,21,22). The number of anilines is 1. The number of hydrogen-bond acceptors (Lipinski definition) is 6. The normalized spacial score (nSPS) is 9.77. The Morgan fingerprint density at radius 3 is 2.04 bits per heavy atom. The molecule has 2 aromatic carbocycles. The summed E-state index contributed by atoms with van der Waals surface area (Å²) in [5.41, 5.74) is -0.147. The highest BCUT2D eigenvalue weighted by Gasteiger charge is 2.17. The van der Waals surface area contributed by atoms with E-state index in [4.69, 9.17) is 5.26 Å². The van der Waals surface area contributed by atoms with Gasteiger partial charge in [0.2, 0.25) is 0 Å². The zero-order valence-electron chi connectivity index (χ0n) is 13.8. The van der Waals surface area contributed by atoms with Crippen LogP contribution in [-0.4, -0.2) is 32.1 Å². The molecule has 0 fully saturated rings. The quantitative estimate of drug-likeness (QED) is 0.844. The third-order valence-electron chi connectivity index (χ3n) is 3.38. The largest absolute Gasteiger partial charge is 0.465 e. The highest BCUT2D eigenvalue weighted by atomic mass is 19.1. The van der Waals surface area contributed by atoms with Crippen LogP contribution in [0.4, 0.5) is 10.1 Å². The summed E-state index contributed by atoms with van der Waals surface area (Å²) in [5, 5.41) is 11.1. The number of ether oxygens (including phenoxy) is 2. The lowest BCUT2D eigenvalue weighted by Gasteiger charge is -2.10. The molecule has 7 nitrogen and oxygen atoms in total. The second-order valence-electron chi connectivity index (χ2n) is 5.04. The van der Waals surface area contributed by atoms with Crippen molar-refractivity contribution in [2.45, 2.75) is 0 Å². The van der Waals surface area contributed by atoms with Crippen molar-refractivity contribution in [3.05, 3.63) is 64.5 Å². The van der Waals surface area contributed by atoms with E-state index in [-0.39, 0.29) is 27.9 Å². The van der Waals surface area contributed by atoms with Gasteiger partial charge in [-0.3, -0.25) is 4.79 Å². The van der Waals surface area contributed by atoms with Gasteiger partial charge in [-0.2, -0.15) is 5.26 Å². The van der Waals surface area contributed by atoms with Crippen molar-refractivity contribution in [2.75, 3.05) is 19.5 Å². The average molecular weight is 356 g/mol. The van der Waals surface area contributed by atoms with E-state index < -0.39 is 23.7 Å². The molecule has 1 amide bonds. The van der Waals surface area contributed by atoms with Crippen molar-refractivity contribution < 1.29 is 28.2 Å². The van der Waals surface area contributed by atoms with Crippen molar-refractivity contribution in [2.24, 2.45) is 0 Å². The average Bonchev–Trinajstić information content (AvgIpc) is 2.65. The third-order valence-corrected chi connectivity index (χ3v) is 3.38. The summed E-state index contributed by atoms with van der Waals surface area (Å²) in [6.07, 6.45) is 0. The predicted octanol–water partition coefficient (Wildman–Crippen LogP) is 2.52. The van der Waals surface area contributed by atoms with Crippen LogP contribution in [0.2, 0.25) is 0 Å². The van der Waals surface area contributed by atoms with E-state index in [1.807, 2.05) is 0 Å². The number of halogens is 1. The summed E-state index contributed by atoms with van der Waals surface area (Å²) >= 11 is 0. The van der Waals surface area contributed by atoms with E-state index in [1.165, 1.54) is 24.3 Å². The summed E-state index contributed by atoms with van der Waals surface area (Å²) < 4.78 is 23.2. The minimum Gasteiger partial charge on any atom is -0.465 e. The molecule has 0 saturated carbocycles. The van der Waals surface area contributed by atoms with Crippen LogP contribution in [0.3, 0.4) is 0 Å². The number of methoxy groups -OCH3 is 2. The molecule has 0 atom stereocenters. The highest BCUT2D eigenvalue weighted by molar-refractivity contribution is 6.06. The van der Waals surface area contributed by atoms with E-state index in [0.717, 1.165) is 26.4 Å². The molecule has 0 bridgehead atoms. The molecular formula is C18H13FN2O5. The Labute approximate surface area is 147 Å². The molecule has 0 saturated heterocycles. The van der Waals surface area contributed by atoms with Gasteiger partial charge in [0.1, 0.15) is 5.82 Å². The Bertz CT molecular complexity index is 899. The summed E-state index contributed by atoms with van der Waals surface area (Å²) in [6.45, 7) is 0. The second kappa shape index (κ2) is 7.90. The van der Waals surface area contributed by atoms with Gasteiger partial charge in [0, 0.05) is 5.69 Å². The van der Waals surface area contributed by atoms with E-state index in [2.05, 4.69) is 14.8 Å². The molecule has 0 aliphatic rings. The van der Waals surface area contributed by atoms with Gasteiger partial charge in [0.05, 0.1) is 42.5 Å². The lowest BCUT2D eigenvalue weighted by Crippen LogP contribution is -2.15.